The highest BCUT2D eigenvalue weighted by atomic mass is 16.6. The topological polar surface area (TPSA) is 85.6 Å². The fourth-order valence-corrected chi connectivity index (χ4v) is 1.98. The molecule has 7 nitrogen and oxygen atoms in total. The molecule has 21 heavy (non-hydrogen) atoms. The number of anilines is 1. The summed E-state index contributed by atoms with van der Waals surface area (Å²) in [6.45, 7) is 0.803. The van der Waals surface area contributed by atoms with Gasteiger partial charge in [0, 0.05) is 12.6 Å². The first-order valence-corrected chi connectivity index (χ1v) is 6.49. The SMILES string of the molecule is C#CCN(CC1CC1)c1nc(C(=O)OC)ccc1[N+](=O)[O-]. The van der Waals surface area contributed by atoms with Gasteiger partial charge in [0.25, 0.3) is 0 Å². The number of nitrogens with zero attached hydrogens (tertiary/aromatic N) is 3. The Morgan fingerprint density at radius 3 is 2.86 bits per heavy atom. The van der Waals surface area contributed by atoms with Crippen LogP contribution in [0.4, 0.5) is 11.5 Å². The third-order valence-electron chi connectivity index (χ3n) is 3.20. The quantitative estimate of drug-likeness (QED) is 0.342. The van der Waals surface area contributed by atoms with Gasteiger partial charge in [0.15, 0.2) is 5.69 Å². The van der Waals surface area contributed by atoms with E-state index in [1.807, 2.05) is 0 Å². The number of nitro groups is 1. The van der Waals surface area contributed by atoms with E-state index < -0.39 is 10.9 Å². The first-order chi connectivity index (χ1) is 10.1. The van der Waals surface area contributed by atoms with Gasteiger partial charge in [-0.05, 0) is 24.8 Å². The van der Waals surface area contributed by atoms with E-state index in [0.717, 1.165) is 12.8 Å². The minimum atomic E-state index is -0.641. The average Bonchev–Trinajstić information content (AvgIpc) is 3.29. The van der Waals surface area contributed by atoms with Crippen molar-refractivity contribution < 1.29 is 14.5 Å². The zero-order chi connectivity index (χ0) is 15.4. The third kappa shape index (κ3) is 3.48. The lowest BCUT2D eigenvalue weighted by Gasteiger charge is -2.21. The number of methoxy groups -OCH3 is 1. The van der Waals surface area contributed by atoms with Gasteiger partial charge in [0.05, 0.1) is 18.6 Å². The molecule has 0 N–H and O–H groups in total. The highest BCUT2D eigenvalue weighted by Gasteiger charge is 2.29. The van der Waals surface area contributed by atoms with Crippen molar-refractivity contribution in [2.75, 3.05) is 25.1 Å². The Labute approximate surface area is 122 Å². The molecule has 0 atom stereocenters. The highest BCUT2D eigenvalue weighted by molar-refractivity contribution is 5.88. The maximum absolute atomic E-state index is 11.5. The Balaban J connectivity index is 2.41. The van der Waals surface area contributed by atoms with E-state index in [0.29, 0.717) is 12.5 Å². The number of hydrogen-bond donors (Lipinski definition) is 0. The number of pyridine rings is 1. The lowest BCUT2D eigenvalue weighted by atomic mass is 10.2. The van der Waals surface area contributed by atoms with Crippen LogP contribution in [0.5, 0.6) is 0 Å². The van der Waals surface area contributed by atoms with Crippen molar-refractivity contribution in [1.82, 2.24) is 4.98 Å². The van der Waals surface area contributed by atoms with E-state index in [1.54, 1.807) is 4.90 Å². The van der Waals surface area contributed by atoms with Gasteiger partial charge >= 0.3 is 11.7 Å². The van der Waals surface area contributed by atoms with Crippen LogP contribution in [0.25, 0.3) is 0 Å². The maximum atomic E-state index is 11.5. The van der Waals surface area contributed by atoms with Crippen molar-refractivity contribution in [3.63, 3.8) is 0 Å². The molecule has 110 valence electrons. The molecule has 2 rings (SSSR count). The zero-order valence-electron chi connectivity index (χ0n) is 11.6. The second-order valence-corrected chi connectivity index (χ2v) is 4.82. The van der Waals surface area contributed by atoms with Gasteiger partial charge in [-0.1, -0.05) is 5.92 Å². The highest BCUT2D eigenvalue weighted by Crippen LogP contribution is 2.33. The molecule has 1 aromatic heterocycles. The van der Waals surface area contributed by atoms with Crippen molar-refractivity contribution >= 4 is 17.5 Å². The molecule has 0 aliphatic heterocycles. The normalized spacial score (nSPS) is 13.3. The lowest BCUT2D eigenvalue weighted by molar-refractivity contribution is -0.384. The molecule has 7 heteroatoms. The molecule has 1 heterocycles. The van der Waals surface area contributed by atoms with Crippen LogP contribution in [0.1, 0.15) is 23.3 Å². The summed E-state index contributed by atoms with van der Waals surface area (Å²) in [6.07, 6.45) is 7.48. The predicted molar refractivity (Wildman–Crippen MR) is 76.0 cm³/mol. The first kappa shape index (κ1) is 14.8. The van der Waals surface area contributed by atoms with Crippen LogP contribution < -0.4 is 4.90 Å². The number of carbonyl (C=O) groups excluding carboxylic acids is 1. The van der Waals surface area contributed by atoms with Gasteiger partial charge in [-0.2, -0.15) is 0 Å². The largest absolute Gasteiger partial charge is 0.464 e. The molecule has 1 fully saturated rings. The Kier molecular flexibility index (Phi) is 4.38. The number of terminal acetylenes is 1. The number of carbonyl (C=O) groups is 1. The van der Waals surface area contributed by atoms with Gasteiger partial charge in [-0.25, -0.2) is 9.78 Å². The predicted octanol–water partition coefficient (Wildman–Crippen LogP) is 1.63. The average molecular weight is 289 g/mol. The van der Waals surface area contributed by atoms with Crippen LogP contribution in [0.2, 0.25) is 0 Å². The van der Waals surface area contributed by atoms with Crippen molar-refractivity contribution in [1.29, 1.82) is 0 Å². The summed E-state index contributed by atoms with van der Waals surface area (Å²) in [6, 6.07) is 2.53. The summed E-state index contributed by atoms with van der Waals surface area (Å²) >= 11 is 0. The number of ether oxygens (including phenoxy) is 1. The summed E-state index contributed by atoms with van der Waals surface area (Å²) in [4.78, 5) is 27.9. The van der Waals surface area contributed by atoms with Gasteiger partial charge in [-0.15, -0.1) is 6.42 Å². The molecule has 1 saturated carbocycles. The second-order valence-electron chi connectivity index (χ2n) is 4.82. The summed E-state index contributed by atoms with van der Waals surface area (Å²) in [7, 11) is 1.23. The third-order valence-corrected chi connectivity index (χ3v) is 3.20. The lowest BCUT2D eigenvalue weighted by Crippen LogP contribution is -2.28. The minimum Gasteiger partial charge on any atom is -0.464 e. The molecular formula is C14H15N3O4. The number of hydrogen-bond acceptors (Lipinski definition) is 6. The van der Waals surface area contributed by atoms with Gasteiger partial charge < -0.3 is 9.64 Å². The van der Waals surface area contributed by atoms with E-state index in [1.165, 1.54) is 19.2 Å². The summed E-state index contributed by atoms with van der Waals surface area (Å²) in [5.41, 5.74) is -0.144. The van der Waals surface area contributed by atoms with E-state index in [-0.39, 0.29) is 23.7 Å². The van der Waals surface area contributed by atoms with E-state index in [9.17, 15) is 14.9 Å². The van der Waals surface area contributed by atoms with Crippen LogP contribution in [-0.2, 0) is 4.74 Å². The van der Waals surface area contributed by atoms with Crippen LogP contribution in [0, 0.1) is 28.4 Å². The van der Waals surface area contributed by atoms with Crippen molar-refractivity contribution in [3.05, 3.63) is 27.9 Å². The molecule has 0 unspecified atom stereocenters. The minimum absolute atomic E-state index is 0.0240. The fraction of sp³-hybridized carbons (Fsp3) is 0.429. The molecule has 0 bridgehead atoms. The summed E-state index contributed by atoms with van der Waals surface area (Å²) in [5.74, 6) is 2.43. The molecule has 0 saturated heterocycles. The monoisotopic (exact) mass is 289 g/mol. The van der Waals surface area contributed by atoms with Crippen LogP contribution in [0.15, 0.2) is 12.1 Å². The van der Waals surface area contributed by atoms with Crippen LogP contribution in [0.3, 0.4) is 0 Å². The fourth-order valence-electron chi connectivity index (χ4n) is 1.98. The summed E-state index contributed by atoms with van der Waals surface area (Å²) < 4.78 is 4.59. The molecular weight excluding hydrogens is 274 g/mol. The van der Waals surface area contributed by atoms with E-state index >= 15 is 0 Å². The van der Waals surface area contributed by atoms with Crippen molar-refractivity contribution in [2.45, 2.75) is 12.8 Å². The second kappa shape index (κ2) is 6.22. The van der Waals surface area contributed by atoms with Crippen LogP contribution in [-0.4, -0.2) is 36.1 Å². The van der Waals surface area contributed by atoms with Gasteiger partial charge in [0.2, 0.25) is 5.82 Å². The van der Waals surface area contributed by atoms with E-state index in [4.69, 9.17) is 6.42 Å². The molecule has 0 spiro atoms. The molecule has 0 aromatic carbocycles. The standard InChI is InChI=1S/C14H15N3O4/c1-3-8-16(9-10-4-5-10)13-12(17(19)20)7-6-11(15-13)14(18)21-2/h1,6-7,10H,4-5,8-9H2,2H3. The zero-order valence-corrected chi connectivity index (χ0v) is 11.6. The Morgan fingerprint density at radius 1 is 1.62 bits per heavy atom. The number of aromatic nitrogens is 1. The Hall–Kier alpha value is -2.62. The molecule has 1 aliphatic carbocycles. The van der Waals surface area contributed by atoms with Crippen molar-refractivity contribution in [2.24, 2.45) is 5.92 Å². The molecule has 0 amide bonds. The number of rotatable bonds is 6. The number of esters is 1. The van der Waals surface area contributed by atoms with E-state index in [2.05, 4.69) is 15.6 Å². The maximum Gasteiger partial charge on any atom is 0.356 e. The molecule has 0 radical (unpaired) electrons. The van der Waals surface area contributed by atoms with Gasteiger partial charge in [-0.3, -0.25) is 10.1 Å². The molecule has 1 aromatic rings. The Morgan fingerprint density at radius 2 is 2.33 bits per heavy atom. The first-order valence-electron chi connectivity index (χ1n) is 6.49. The molecule has 1 aliphatic rings. The Bertz CT molecular complexity index is 605. The van der Waals surface area contributed by atoms with Crippen LogP contribution >= 0.6 is 0 Å². The smallest absolute Gasteiger partial charge is 0.356 e. The van der Waals surface area contributed by atoms with Gasteiger partial charge in [0.1, 0.15) is 0 Å². The van der Waals surface area contributed by atoms with Crippen molar-refractivity contribution in [3.8, 4) is 12.3 Å². The summed E-state index contributed by atoms with van der Waals surface area (Å²) in [5, 5.41) is 11.2.